The van der Waals surface area contributed by atoms with Crippen LogP contribution in [0.25, 0.3) is 0 Å². The zero-order chi connectivity index (χ0) is 12.3. The maximum atomic E-state index is 11.2. The summed E-state index contributed by atoms with van der Waals surface area (Å²) in [6.45, 7) is 3.02. The van der Waals surface area contributed by atoms with E-state index in [4.69, 9.17) is 5.11 Å². The molecule has 1 aliphatic rings. The Balaban J connectivity index is 1.99. The second-order valence-corrected chi connectivity index (χ2v) is 4.43. The zero-order valence-corrected chi connectivity index (χ0v) is 9.99. The van der Waals surface area contributed by atoms with Gasteiger partial charge < -0.3 is 15.7 Å². The van der Waals surface area contributed by atoms with Gasteiger partial charge in [-0.15, -0.1) is 0 Å². The Bertz CT molecular complexity index is 414. The van der Waals surface area contributed by atoms with E-state index in [9.17, 15) is 4.79 Å². The molecule has 0 bridgehead atoms. The van der Waals surface area contributed by atoms with E-state index in [1.54, 1.807) is 0 Å². The molecule has 1 atom stereocenters. The average molecular weight is 234 g/mol. The first-order chi connectivity index (χ1) is 8.22. The Labute approximate surface area is 101 Å². The molecule has 0 aromatic heterocycles. The standard InChI is InChI=1S/C13H18N2O2/c1-2-9(8-16)7-14-11-3-4-12-10(5-11)6-13(17)15-12/h3-5,9,14,16H,2,6-8H2,1H3,(H,15,17). The lowest BCUT2D eigenvalue weighted by atomic mass is 10.1. The fourth-order valence-corrected chi connectivity index (χ4v) is 1.94. The van der Waals surface area contributed by atoms with Crippen molar-refractivity contribution in [2.45, 2.75) is 19.8 Å². The van der Waals surface area contributed by atoms with Crippen molar-refractivity contribution >= 4 is 17.3 Å². The SMILES string of the molecule is CCC(CO)CNc1ccc2c(c1)CC(=O)N2. The normalized spacial score (nSPS) is 15.3. The maximum absolute atomic E-state index is 11.2. The number of carbonyl (C=O) groups is 1. The smallest absolute Gasteiger partial charge is 0.228 e. The van der Waals surface area contributed by atoms with Gasteiger partial charge in [-0.2, -0.15) is 0 Å². The van der Waals surface area contributed by atoms with Crippen LogP contribution in [0.2, 0.25) is 0 Å². The van der Waals surface area contributed by atoms with E-state index in [-0.39, 0.29) is 18.4 Å². The van der Waals surface area contributed by atoms with Crippen molar-refractivity contribution < 1.29 is 9.90 Å². The zero-order valence-electron chi connectivity index (χ0n) is 9.99. The Kier molecular flexibility index (Phi) is 3.64. The molecule has 0 spiro atoms. The summed E-state index contributed by atoms with van der Waals surface area (Å²) in [7, 11) is 0. The van der Waals surface area contributed by atoms with E-state index in [0.717, 1.165) is 29.9 Å². The molecule has 4 nitrogen and oxygen atoms in total. The number of hydrogen-bond donors (Lipinski definition) is 3. The van der Waals surface area contributed by atoms with Gasteiger partial charge in [0.25, 0.3) is 0 Å². The number of rotatable bonds is 5. The number of anilines is 2. The molecule has 0 saturated heterocycles. The molecule has 1 aromatic rings. The van der Waals surface area contributed by atoms with Crippen LogP contribution < -0.4 is 10.6 Å². The topological polar surface area (TPSA) is 61.4 Å². The van der Waals surface area contributed by atoms with Crippen molar-refractivity contribution in [3.05, 3.63) is 23.8 Å². The number of amides is 1. The lowest BCUT2D eigenvalue weighted by molar-refractivity contribution is -0.115. The number of nitrogens with one attached hydrogen (secondary N) is 2. The van der Waals surface area contributed by atoms with E-state index >= 15 is 0 Å². The Hall–Kier alpha value is -1.55. The van der Waals surface area contributed by atoms with Gasteiger partial charge in [0, 0.05) is 24.5 Å². The number of aliphatic hydroxyl groups is 1. The van der Waals surface area contributed by atoms with E-state index in [1.165, 1.54) is 0 Å². The molecule has 4 heteroatoms. The van der Waals surface area contributed by atoms with Crippen molar-refractivity contribution in [1.82, 2.24) is 0 Å². The molecule has 3 N–H and O–H groups in total. The number of aliphatic hydroxyl groups excluding tert-OH is 1. The first-order valence-electron chi connectivity index (χ1n) is 6.00. The first-order valence-corrected chi connectivity index (χ1v) is 6.00. The Morgan fingerprint density at radius 1 is 1.53 bits per heavy atom. The summed E-state index contributed by atoms with van der Waals surface area (Å²) in [5.41, 5.74) is 2.96. The number of fused-ring (bicyclic) bond motifs is 1. The maximum Gasteiger partial charge on any atom is 0.228 e. The summed E-state index contributed by atoms with van der Waals surface area (Å²) in [4.78, 5) is 11.2. The molecular weight excluding hydrogens is 216 g/mol. The van der Waals surface area contributed by atoms with Gasteiger partial charge in [0.05, 0.1) is 6.42 Å². The third kappa shape index (κ3) is 2.77. The summed E-state index contributed by atoms with van der Waals surface area (Å²) in [5, 5.41) is 15.2. The molecule has 1 aliphatic heterocycles. The fourth-order valence-electron chi connectivity index (χ4n) is 1.94. The molecule has 0 fully saturated rings. The van der Waals surface area contributed by atoms with Crippen molar-refractivity contribution in [2.24, 2.45) is 5.92 Å². The van der Waals surface area contributed by atoms with Gasteiger partial charge >= 0.3 is 0 Å². The van der Waals surface area contributed by atoms with Gasteiger partial charge in [0.15, 0.2) is 0 Å². The molecule has 1 unspecified atom stereocenters. The predicted octanol–water partition coefficient (Wildman–Crippen LogP) is 1.61. The van der Waals surface area contributed by atoms with Crippen LogP contribution in [0.5, 0.6) is 0 Å². The van der Waals surface area contributed by atoms with Crippen LogP contribution in [-0.2, 0) is 11.2 Å². The molecule has 2 rings (SSSR count). The van der Waals surface area contributed by atoms with Crippen LogP contribution in [0.15, 0.2) is 18.2 Å². The van der Waals surface area contributed by atoms with Gasteiger partial charge in [-0.3, -0.25) is 4.79 Å². The van der Waals surface area contributed by atoms with E-state index in [0.29, 0.717) is 6.42 Å². The molecular formula is C13H18N2O2. The molecule has 0 saturated carbocycles. The monoisotopic (exact) mass is 234 g/mol. The van der Waals surface area contributed by atoms with Crippen LogP contribution in [-0.4, -0.2) is 24.2 Å². The summed E-state index contributed by atoms with van der Waals surface area (Å²) in [5.74, 6) is 0.335. The minimum atomic E-state index is 0.0546. The highest BCUT2D eigenvalue weighted by Gasteiger charge is 2.17. The summed E-state index contributed by atoms with van der Waals surface area (Å²) >= 11 is 0. The molecule has 92 valence electrons. The second kappa shape index (κ2) is 5.19. The van der Waals surface area contributed by atoms with Crippen LogP contribution in [0, 0.1) is 5.92 Å². The van der Waals surface area contributed by atoms with E-state index in [2.05, 4.69) is 17.6 Å². The van der Waals surface area contributed by atoms with Crippen molar-refractivity contribution in [1.29, 1.82) is 0 Å². The van der Waals surface area contributed by atoms with Gasteiger partial charge in [0.2, 0.25) is 5.91 Å². The Morgan fingerprint density at radius 3 is 3.06 bits per heavy atom. The lowest BCUT2D eigenvalue weighted by Gasteiger charge is -2.14. The highest BCUT2D eigenvalue weighted by molar-refractivity contribution is 5.99. The predicted molar refractivity (Wildman–Crippen MR) is 68.1 cm³/mol. The number of carbonyl (C=O) groups excluding carboxylic acids is 1. The molecule has 17 heavy (non-hydrogen) atoms. The molecule has 0 aliphatic carbocycles. The minimum absolute atomic E-state index is 0.0546. The van der Waals surface area contributed by atoms with Gasteiger partial charge in [-0.25, -0.2) is 0 Å². The molecule has 1 aromatic carbocycles. The highest BCUT2D eigenvalue weighted by atomic mass is 16.3. The van der Waals surface area contributed by atoms with E-state index < -0.39 is 0 Å². The molecule has 1 amide bonds. The minimum Gasteiger partial charge on any atom is -0.396 e. The number of benzene rings is 1. The average Bonchev–Trinajstić information content (AvgIpc) is 2.69. The van der Waals surface area contributed by atoms with Crippen LogP contribution >= 0.6 is 0 Å². The van der Waals surface area contributed by atoms with Crippen molar-refractivity contribution in [3.63, 3.8) is 0 Å². The van der Waals surface area contributed by atoms with Gasteiger partial charge in [-0.05, 0) is 36.1 Å². The summed E-state index contributed by atoms with van der Waals surface area (Å²) in [6, 6.07) is 5.87. The van der Waals surface area contributed by atoms with Crippen molar-refractivity contribution in [2.75, 3.05) is 23.8 Å². The van der Waals surface area contributed by atoms with Gasteiger partial charge in [0.1, 0.15) is 0 Å². The third-order valence-corrected chi connectivity index (χ3v) is 3.16. The lowest BCUT2D eigenvalue weighted by Crippen LogP contribution is -2.16. The summed E-state index contributed by atoms with van der Waals surface area (Å²) in [6.07, 6.45) is 1.41. The Morgan fingerprint density at radius 2 is 2.35 bits per heavy atom. The molecule has 1 heterocycles. The largest absolute Gasteiger partial charge is 0.396 e. The third-order valence-electron chi connectivity index (χ3n) is 3.16. The van der Waals surface area contributed by atoms with Crippen LogP contribution in [0.1, 0.15) is 18.9 Å². The molecule has 0 radical (unpaired) electrons. The van der Waals surface area contributed by atoms with E-state index in [1.807, 2.05) is 18.2 Å². The number of hydrogen-bond acceptors (Lipinski definition) is 3. The second-order valence-electron chi connectivity index (χ2n) is 4.43. The van der Waals surface area contributed by atoms with Crippen LogP contribution in [0.3, 0.4) is 0 Å². The summed E-state index contributed by atoms with van der Waals surface area (Å²) < 4.78 is 0. The van der Waals surface area contributed by atoms with Crippen molar-refractivity contribution in [3.8, 4) is 0 Å². The van der Waals surface area contributed by atoms with Crippen LogP contribution in [0.4, 0.5) is 11.4 Å². The first kappa shape index (κ1) is 11.9. The highest BCUT2D eigenvalue weighted by Crippen LogP contribution is 2.26. The van der Waals surface area contributed by atoms with Gasteiger partial charge in [-0.1, -0.05) is 6.92 Å². The quantitative estimate of drug-likeness (QED) is 0.725. The fraction of sp³-hybridized carbons (Fsp3) is 0.462.